The summed E-state index contributed by atoms with van der Waals surface area (Å²) in [5.74, 6) is 0.839. The van der Waals surface area contributed by atoms with E-state index in [2.05, 4.69) is 25.3 Å². The summed E-state index contributed by atoms with van der Waals surface area (Å²) in [6.07, 6.45) is 2.85. The molecule has 134 valence electrons. The minimum absolute atomic E-state index is 0.468. The van der Waals surface area contributed by atoms with Crippen LogP contribution in [0, 0.1) is 0 Å². The Morgan fingerprint density at radius 1 is 1.15 bits per heavy atom. The number of nitrogens with one attached hydrogen (secondary N) is 1. The Morgan fingerprint density at radius 3 is 2.65 bits per heavy atom. The van der Waals surface area contributed by atoms with Crippen LogP contribution in [0.4, 0.5) is 22.0 Å². The van der Waals surface area contributed by atoms with Crippen LogP contribution in [-0.4, -0.2) is 38.0 Å². The molecule has 1 aliphatic rings. The largest absolute Gasteiger partial charge is 0.444 e. The highest BCUT2D eigenvalue weighted by Gasteiger charge is 2.23. The minimum atomic E-state index is -0.529. The zero-order valence-corrected chi connectivity index (χ0v) is 14.9. The molecular weight excluding hydrogens is 332 g/mol. The number of hydrogen-bond donors (Lipinski definition) is 1. The van der Waals surface area contributed by atoms with Gasteiger partial charge in [-0.1, -0.05) is 0 Å². The lowest BCUT2D eigenvalue weighted by Crippen LogP contribution is -2.29. The molecular formula is C18H20N6O2. The zero-order chi connectivity index (χ0) is 18.3. The molecule has 0 fully saturated rings. The molecule has 0 atom stereocenters. The van der Waals surface area contributed by atoms with Gasteiger partial charge < -0.3 is 9.64 Å². The molecule has 0 spiro atoms. The fraction of sp³-hybridized carbons (Fsp3) is 0.333. The van der Waals surface area contributed by atoms with Crippen molar-refractivity contribution in [1.82, 2.24) is 19.7 Å². The van der Waals surface area contributed by atoms with E-state index in [-0.39, 0.29) is 0 Å². The van der Waals surface area contributed by atoms with Crippen molar-refractivity contribution in [3.63, 3.8) is 0 Å². The normalized spacial score (nSPS) is 13.7. The molecule has 4 rings (SSSR count). The summed E-state index contributed by atoms with van der Waals surface area (Å²) in [6.45, 7) is 7.03. The maximum Gasteiger partial charge on any atom is 0.412 e. The van der Waals surface area contributed by atoms with Crippen molar-refractivity contribution in [1.29, 1.82) is 0 Å². The molecule has 1 aromatic carbocycles. The van der Waals surface area contributed by atoms with Gasteiger partial charge in [-0.2, -0.15) is 5.10 Å². The lowest BCUT2D eigenvalue weighted by Gasteiger charge is -2.28. The van der Waals surface area contributed by atoms with E-state index in [0.29, 0.717) is 5.69 Å². The number of amides is 1. The van der Waals surface area contributed by atoms with Crippen molar-refractivity contribution in [2.24, 2.45) is 0 Å². The van der Waals surface area contributed by atoms with Crippen LogP contribution in [0.1, 0.15) is 20.8 Å². The van der Waals surface area contributed by atoms with Gasteiger partial charge in [0.05, 0.1) is 12.7 Å². The van der Waals surface area contributed by atoms with Crippen molar-refractivity contribution in [2.75, 3.05) is 16.8 Å². The Balaban J connectivity index is 1.56. The van der Waals surface area contributed by atoms with E-state index in [1.165, 1.54) is 0 Å². The minimum Gasteiger partial charge on any atom is -0.444 e. The molecule has 0 aliphatic carbocycles. The number of carbonyl (C=O) groups excluding carboxylic acids is 1. The lowest BCUT2D eigenvalue weighted by molar-refractivity contribution is 0.0636. The third-order valence-corrected chi connectivity index (χ3v) is 4.02. The molecule has 0 bridgehead atoms. The molecule has 3 heterocycles. The third-order valence-electron chi connectivity index (χ3n) is 4.02. The molecule has 0 saturated heterocycles. The monoisotopic (exact) mass is 352 g/mol. The van der Waals surface area contributed by atoms with Gasteiger partial charge in [0.2, 0.25) is 0 Å². The first-order valence-electron chi connectivity index (χ1n) is 8.45. The standard InChI is InChI=1S/C18H20N6O2/c1-18(2,3)26-17(25)22-12-4-6-13(7-5-12)23-8-9-24-15-14(10-21-24)19-11-20-16(15)23/h4-7,10-11H,8-9H2,1-3H3,(H,22,25). The van der Waals surface area contributed by atoms with Crippen molar-refractivity contribution in [3.05, 3.63) is 36.8 Å². The number of rotatable bonds is 2. The van der Waals surface area contributed by atoms with Crippen molar-refractivity contribution < 1.29 is 9.53 Å². The highest BCUT2D eigenvalue weighted by atomic mass is 16.6. The molecule has 3 aromatic rings. The second kappa shape index (κ2) is 5.98. The Morgan fingerprint density at radius 2 is 1.92 bits per heavy atom. The lowest BCUT2D eigenvalue weighted by atomic mass is 10.2. The molecule has 1 aliphatic heterocycles. The molecule has 0 unspecified atom stereocenters. The van der Waals surface area contributed by atoms with Crippen molar-refractivity contribution in [2.45, 2.75) is 32.9 Å². The average Bonchev–Trinajstić information content (AvgIpc) is 3.00. The van der Waals surface area contributed by atoms with Crippen molar-refractivity contribution >= 4 is 34.3 Å². The van der Waals surface area contributed by atoms with Crippen LogP contribution >= 0.6 is 0 Å². The Bertz CT molecular complexity index is 958. The Kier molecular flexibility index (Phi) is 3.75. The highest BCUT2D eigenvalue weighted by molar-refractivity contribution is 5.89. The maximum absolute atomic E-state index is 11.9. The second-order valence-corrected chi connectivity index (χ2v) is 7.12. The van der Waals surface area contributed by atoms with Crippen LogP contribution < -0.4 is 10.2 Å². The fourth-order valence-corrected chi connectivity index (χ4v) is 2.97. The van der Waals surface area contributed by atoms with Crippen LogP contribution in [0.2, 0.25) is 0 Å². The number of carbonyl (C=O) groups is 1. The van der Waals surface area contributed by atoms with Crippen LogP contribution in [0.5, 0.6) is 0 Å². The predicted molar refractivity (Wildman–Crippen MR) is 98.6 cm³/mol. The van der Waals surface area contributed by atoms with Crippen LogP contribution in [-0.2, 0) is 11.3 Å². The summed E-state index contributed by atoms with van der Waals surface area (Å²) in [7, 11) is 0. The fourth-order valence-electron chi connectivity index (χ4n) is 2.97. The maximum atomic E-state index is 11.9. The first-order valence-corrected chi connectivity index (χ1v) is 8.45. The van der Waals surface area contributed by atoms with Crippen molar-refractivity contribution in [3.8, 4) is 0 Å². The van der Waals surface area contributed by atoms with E-state index in [1.54, 1.807) is 12.5 Å². The van der Waals surface area contributed by atoms with Gasteiger partial charge >= 0.3 is 6.09 Å². The quantitative estimate of drug-likeness (QED) is 0.761. The van der Waals surface area contributed by atoms with Gasteiger partial charge in [-0.3, -0.25) is 10.00 Å². The van der Waals surface area contributed by atoms with Gasteiger partial charge in [0.15, 0.2) is 5.82 Å². The second-order valence-electron chi connectivity index (χ2n) is 7.12. The summed E-state index contributed by atoms with van der Waals surface area (Å²) >= 11 is 0. The summed E-state index contributed by atoms with van der Waals surface area (Å²) in [6, 6.07) is 7.60. The van der Waals surface area contributed by atoms with E-state index < -0.39 is 11.7 Å². The topological polar surface area (TPSA) is 85.2 Å². The van der Waals surface area contributed by atoms with Gasteiger partial charge in [-0.05, 0) is 45.0 Å². The predicted octanol–water partition coefficient (Wildman–Crippen LogP) is 3.33. The number of ether oxygens (including phenoxy) is 1. The van der Waals surface area contributed by atoms with E-state index >= 15 is 0 Å². The smallest absolute Gasteiger partial charge is 0.412 e. The number of anilines is 3. The SMILES string of the molecule is CC(C)(C)OC(=O)Nc1ccc(N2CCn3ncc4ncnc2c43)cc1. The molecule has 2 aromatic heterocycles. The van der Waals surface area contributed by atoms with Gasteiger partial charge in [0, 0.05) is 17.9 Å². The summed E-state index contributed by atoms with van der Waals surface area (Å²) < 4.78 is 7.20. The average molecular weight is 352 g/mol. The van der Waals surface area contributed by atoms with Crippen LogP contribution in [0.3, 0.4) is 0 Å². The first kappa shape index (κ1) is 16.3. The molecule has 1 N–H and O–H groups in total. The molecule has 26 heavy (non-hydrogen) atoms. The highest BCUT2D eigenvalue weighted by Crippen LogP contribution is 2.32. The molecule has 8 heteroatoms. The number of benzene rings is 1. The summed E-state index contributed by atoms with van der Waals surface area (Å²) in [5, 5.41) is 7.10. The third kappa shape index (κ3) is 3.05. The molecule has 0 saturated carbocycles. The Hall–Kier alpha value is -3.16. The molecule has 1 amide bonds. The summed E-state index contributed by atoms with van der Waals surface area (Å²) in [4.78, 5) is 22.7. The van der Waals surface area contributed by atoms with Crippen LogP contribution in [0.15, 0.2) is 36.8 Å². The van der Waals surface area contributed by atoms with Gasteiger partial charge in [0.25, 0.3) is 0 Å². The van der Waals surface area contributed by atoms with Gasteiger partial charge in [-0.25, -0.2) is 14.8 Å². The van der Waals surface area contributed by atoms with E-state index in [9.17, 15) is 4.79 Å². The number of aromatic nitrogens is 4. The number of nitrogens with zero attached hydrogens (tertiary/aromatic N) is 5. The van der Waals surface area contributed by atoms with E-state index in [4.69, 9.17) is 4.74 Å². The van der Waals surface area contributed by atoms with E-state index in [1.807, 2.05) is 49.7 Å². The van der Waals surface area contributed by atoms with E-state index in [0.717, 1.165) is 35.6 Å². The van der Waals surface area contributed by atoms with Gasteiger partial charge in [0.1, 0.15) is 23.0 Å². The van der Waals surface area contributed by atoms with Crippen LogP contribution in [0.25, 0.3) is 11.0 Å². The zero-order valence-electron chi connectivity index (χ0n) is 14.9. The number of hydrogen-bond acceptors (Lipinski definition) is 6. The molecule has 8 nitrogen and oxygen atoms in total. The Labute approximate surface area is 150 Å². The van der Waals surface area contributed by atoms with Gasteiger partial charge in [-0.15, -0.1) is 0 Å². The summed E-state index contributed by atoms with van der Waals surface area (Å²) in [5.41, 5.74) is 2.92. The molecule has 0 radical (unpaired) electrons. The first-order chi connectivity index (χ1) is 12.4.